The average Bonchev–Trinajstić information content (AvgIpc) is 2.48. The highest BCUT2D eigenvalue weighted by Crippen LogP contribution is 2.18. The molecule has 1 aromatic rings. The predicted octanol–water partition coefficient (Wildman–Crippen LogP) is 2.75. The topological polar surface area (TPSA) is 18.5 Å². The standard InChI is InChI=1S/C17H31N3/c1-5-19(6-2)14-12-18-13-15-20(7-3)17-11-9-8-10-16(17)4/h8-11,18H,5-7,12-15H2,1-4H3. The van der Waals surface area contributed by atoms with Crippen LogP contribution in [-0.4, -0.2) is 50.7 Å². The first kappa shape index (κ1) is 17.0. The zero-order valence-electron chi connectivity index (χ0n) is 13.7. The molecule has 0 atom stereocenters. The lowest BCUT2D eigenvalue weighted by molar-refractivity contribution is 0.303. The van der Waals surface area contributed by atoms with Crippen LogP contribution in [0.4, 0.5) is 5.69 Å². The van der Waals surface area contributed by atoms with Crippen molar-refractivity contribution >= 4 is 5.69 Å². The number of anilines is 1. The van der Waals surface area contributed by atoms with E-state index in [4.69, 9.17) is 0 Å². The zero-order valence-corrected chi connectivity index (χ0v) is 13.7. The molecule has 0 aliphatic carbocycles. The Hall–Kier alpha value is -1.06. The first-order valence-corrected chi connectivity index (χ1v) is 7.96. The molecular formula is C17H31N3. The first-order valence-electron chi connectivity index (χ1n) is 7.96. The number of aryl methyl sites for hydroxylation is 1. The molecule has 0 aromatic heterocycles. The van der Waals surface area contributed by atoms with E-state index in [-0.39, 0.29) is 0 Å². The van der Waals surface area contributed by atoms with Gasteiger partial charge < -0.3 is 15.1 Å². The molecule has 0 saturated heterocycles. The minimum absolute atomic E-state index is 1.05. The Bertz CT molecular complexity index is 361. The Balaban J connectivity index is 2.31. The molecule has 1 N–H and O–H groups in total. The van der Waals surface area contributed by atoms with Gasteiger partial charge in [0, 0.05) is 38.4 Å². The van der Waals surface area contributed by atoms with Crippen molar-refractivity contribution in [3.63, 3.8) is 0 Å². The summed E-state index contributed by atoms with van der Waals surface area (Å²) < 4.78 is 0. The monoisotopic (exact) mass is 277 g/mol. The lowest BCUT2D eigenvalue weighted by Crippen LogP contribution is -2.36. The highest BCUT2D eigenvalue weighted by Gasteiger charge is 2.06. The molecule has 1 aromatic carbocycles. The van der Waals surface area contributed by atoms with E-state index in [1.807, 2.05) is 0 Å². The summed E-state index contributed by atoms with van der Waals surface area (Å²) in [5, 5.41) is 3.56. The van der Waals surface area contributed by atoms with Crippen LogP contribution >= 0.6 is 0 Å². The van der Waals surface area contributed by atoms with E-state index in [1.54, 1.807) is 0 Å². The fraction of sp³-hybridized carbons (Fsp3) is 0.647. The molecule has 0 unspecified atom stereocenters. The average molecular weight is 277 g/mol. The van der Waals surface area contributed by atoms with E-state index in [2.05, 4.69) is 67.1 Å². The number of benzene rings is 1. The van der Waals surface area contributed by atoms with Crippen molar-refractivity contribution < 1.29 is 0 Å². The number of nitrogens with zero attached hydrogens (tertiary/aromatic N) is 2. The van der Waals surface area contributed by atoms with Crippen molar-refractivity contribution in [3.8, 4) is 0 Å². The second-order valence-electron chi connectivity index (χ2n) is 5.14. The van der Waals surface area contributed by atoms with Gasteiger partial charge in [0.2, 0.25) is 0 Å². The third kappa shape index (κ3) is 5.51. The summed E-state index contributed by atoms with van der Waals surface area (Å²) in [6.45, 7) is 16.5. The molecule has 0 spiro atoms. The lowest BCUT2D eigenvalue weighted by atomic mass is 10.2. The Morgan fingerprint density at radius 1 is 0.900 bits per heavy atom. The minimum Gasteiger partial charge on any atom is -0.370 e. The molecule has 3 heteroatoms. The van der Waals surface area contributed by atoms with E-state index >= 15 is 0 Å². The molecule has 1 rings (SSSR count). The maximum absolute atomic E-state index is 3.56. The normalized spacial score (nSPS) is 11.1. The molecule has 114 valence electrons. The summed E-state index contributed by atoms with van der Waals surface area (Å²) in [6, 6.07) is 8.63. The van der Waals surface area contributed by atoms with Gasteiger partial charge in [-0.2, -0.15) is 0 Å². The van der Waals surface area contributed by atoms with Crippen molar-refractivity contribution in [2.24, 2.45) is 0 Å². The minimum atomic E-state index is 1.05. The third-order valence-corrected chi connectivity index (χ3v) is 3.90. The van der Waals surface area contributed by atoms with Crippen molar-refractivity contribution in [3.05, 3.63) is 29.8 Å². The molecule has 0 fully saturated rings. The maximum Gasteiger partial charge on any atom is 0.0396 e. The van der Waals surface area contributed by atoms with Gasteiger partial charge in [-0.1, -0.05) is 32.0 Å². The van der Waals surface area contributed by atoms with Gasteiger partial charge in [-0.15, -0.1) is 0 Å². The maximum atomic E-state index is 3.56. The molecule has 20 heavy (non-hydrogen) atoms. The number of para-hydroxylation sites is 1. The Morgan fingerprint density at radius 3 is 2.15 bits per heavy atom. The van der Waals surface area contributed by atoms with Crippen LogP contribution in [0.25, 0.3) is 0 Å². The van der Waals surface area contributed by atoms with Gasteiger partial charge in [0.25, 0.3) is 0 Å². The van der Waals surface area contributed by atoms with Crippen LogP contribution in [0.2, 0.25) is 0 Å². The van der Waals surface area contributed by atoms with Gasteiger partial charge in [0.1, 0.15) is 0 Å². The van der Waals surface area contributed by atoms with Gasteiger partial charge >= 0.3 is 0 Å². The van der Waals surface area contributed by atoms with Crippen molar-refractivity contribution in [2.75, 3.05) is 50.7 Å². The van der Waals surface area contributed by atoms with Crippen LogP contribution < -0.4 is 10.2 Å². The lowest BCUT2D eigenvalue weighted by Gasteiger charge is -2.25. The van der Waals surface area contributed by atoms with Gasteiger partial charge in [-0.05, 0) is 38.6 Å². The van der Waals surface area contributed by atoms with E-state index in [9.17, 15) is 0 Å². The second kappa shape index (κ2) is 9.78. The number of rotatable bonds is 10. The molecule has 0 saturated carbocycles. The number of likely N-dealkylation sites (N-methyl/N-ethyl adjacent to an activating group) is 2. The summed E-state index contributed by atoms with van der Waals surface area (Å²) in [5.41, 5.74) is 2.72. The highest BCUT2D eigenvalue weighted by atomic mass is 15.2. The molecule has 0 amide bonds. The van der Waals surface area contributed by atoms with Gasteiger partial charge in [-0.25, -0.2) is 0 Å². The first-order chi connectivity index (χ1) is 9.72. The van der Waals surface area contributed by atoms with Gasteiger partial charge in [0.15, 0.2) is 0 Å². The van der Waals surface area contributed by atoms with Crippen LogP contribution in [-0.2, 0) is 0 Å². The van der Waals surface area contributed by atoms with Crippen molar-refractivity contribution in [1.29, 1.82) is 0 Å². The number of hydrogen-bond donors (Lipinski definition) is 1. The Morgan fingerprint density at radius 2 is 1.55 bits per heavy atom. The molecular weight excluding hydrogens is 246 g/mol. The molecule has 0 bridgehead atoms. The Kier molecular flexibility index (Phi) is 8.31. The summed E-state index contributed by atoms with van der Waals surface area (Å²) >= 11 is 0. The van der Waals surface area contributed by atoms with Crippen molar-refractivity contribution in [2.45, 2.75) is 27.7 Å². The third-order valence-electron chi connectivity index (χ3n) is 3.90. The van der Waals surface area contributed by atoms with E-state index in [1.165, 1.54) is 11.3 Å². The van der Waals surface area contributed by atoms with Crippen LogP contribution in [0.5, 0.6) is 0 Å². The van der Waals surface area contributed by atoms with Gasteiger partial charge in [0.05, 0.1) is 0 Å². The van der Waals surface area contributed by atoms with Crippen LogP contribution in [0.15, 0.2) is 24.3 Å². The highest BCUT2D eigenvalue weighted by molar-refractivity contribution is 5.52. The van der Waals surface area contributed by atoms with Crippen LogP contribution in [0.3, 0.4) is 0 Å². The zero-order chi connectivity index (χ0) is 14.8. The molecule has 0 aliphatic rings. The fourth-order valence-corrected chi connectivity index (χ4v) is 2.48. The van der Waals surface area contributed by atoms with E-state index < -0.39 is 0 Å². The SMILES string of the molecule is CCN(CC)CCNCCN(CC)c1ccccc1C. The van der Waals surface area contributed by atoms with E-state index in [0.717, 1.165) is 45.8 Å². The molecule has 0 radical (unpaired) electrons. The van der Waals surface area contributed by atoms with Gasteiger partial charge in [-0.3, -0.25) is 0 Å². The van der Waals surface area contributed by atoms with E-state index in [0.29, 0.717) is 0 Å². The second-order valence-corrected chi connectivity index (χ2v) is 5.14. The summed E-state index contributed by atoms with van der Waals surface area (Å²) in [7, 11) is 0. The quantitative estimate of drug-likeness (QED) is 0.664. The summed E-state index contributed by atoms with van der Waals surface area (Å²) in [5.74, 6) is 0. The Labute approximate surface area is 125 Å². The predicted molar refractivity (Wildman–Crippen MR) is 89.7 cm³/mol. The van der Waals surface area contributed by atoms with Crippen molar-refractivity contribution in [1.82, 2.24) is 10.2 Å². The summed E-state index contributed by atoms with van der Waals surface area (Å²) in [6.07, 6.45) is 0. The number of hydrogen-bond acceptors (Lipinski definition) is 3. The van der Waals surface area contributed by atoms with Crippen LogP contribution in [0, 0.1) is 6.92 Å². The number of nitrogens with one attached hydrogen (secondary N) is 1. The largest absolute Gasteiger partial charge is 0.370 e. The van der Waals surface area contributed by atoms with Crippen LogP contribution in [0.1, 0.15) is 26.3 Å². The fourth-order valence-electron chi connectivity index (χ4n) is 2.48. The smallest absolute Gasteiger partial charge is 0.0396 e. The summed E-state index contributed by atoms with van der Waals surface area (Å²) in [4.78, 5) is 4.89. The molecule has 3 nitrogen and oxygen atoms in total. The molecule has 0 aliphatic heterocycles. The molecule has 0 heterocycles.